The molecule has 5 nitrogen and oxygen atoms in total. The standard InChI is InChI=1S/C13H13IN2O3S/c1-15-13-16(2)12(18)10(20-13)6-7-4-8(14)11(17)9(5-7)19-3/h4-6,17H,1-3H3. The zero-order valence-electron chi connectivity index (χ0n) is 11.2. The molecular weight excluding hydrogens is 391 g/mol. The minimum Gasteiger partial charge on any atom is -0.504 e. The SMILES string of the molecule is CN=C1SC(=Cc2cc(I)c(O)c(OC)c2)C(=O)N1C. The van der Waals surface area contributed by atoms with Gasteiger partial charge in [0, 0.05) is 14.1 Å². The fraction of sp³-hybridized carbons (Fsp3) is 0.231. The van der Waals surface area contributed by atoms with Crippen molar-refractivity contribution in [1.82, 2.24) is 4.90 Å². The molecule has 7 heteroatoms. The summed E-state index contributed by atoms with van der Waals surface area (Å²) in [6.45, 7) is 0. The van der Waals surface area contributed by atoms with Crippen molar-refractivity contribution in [3.8, 4) is 11.5 Å². The van der Waals surface area contributed by atoms with Crippen LogP contribution < -0.4 is 4.74 Å². The number of carbonyl (C=O) groups is 1. The predicted octanol–water partition coefficient (Wildman–Crippen LogP) is 2.54. The number of rotatable bonds is 2. The molecule has 106 valence electrons. The molecule has 1 N–H and O–H groups in total. The Balaban J connectivity index is 2.42. The van der Waals surface area contributed by atoms with Crippen molar-refractivity contribution in [2.24, 2.45) is 4.99 Å². The molecule has 1 aromatic rings. The first-order valence-corrected chi connectivity index (χ1v) is 7.58. The molecule has 1 heterocycles. The number of aliphatic imine (C=N–C) groups is 1. The number of phenols is 1. The van der Waals surface area contributed by atoms with E-state index in [1.165, 1.54) is 23.8 Å². The number of amidine groups is 1. The van der Waals surface area contributed by atoms with Crippen molar-refractivity contribution in [1.29, 1.82) is 0 Å². The van der Waals surface area contributed by atoms with Crippen LogP contribution in [0.5, 0.6) is 11.5 Å². The molecule has 2 rings (SSSR count). The van der Waals surface area contributed by atoms with Crippen molar-refractivity contribution in [2.45, 2.75) is 0 Å². The smallest absolute Gasteiger partial charge is 0.266 e. The van der Waals surface area contributed by atoms with Gasteiger partial charge in [0.1, 0.15) is 0 Å². The van der Waals surface area contributed by atoms with Gasteiger partial charge in [0.15, 0.2) is 16.7 Å². The molecule has 0 aliphatic carbocycles. The second-order valence-electron chi connectivity index (χ2n) is 4.03. The molecule has 0 spiro atoms. The number of nitrogens with zero attached hydrogens (tertiary/aromatic N) is 2. The van der Waals surface area contributed by atoms with Crippen molar-refractivity contribution < 1.29 is 14.6 Å². The topological polar surface area (TPSA) is 62.1 Å². The molecule has 1 aliphatic rings. The van der Waals surface area contributed by atoms with Crippen LogP contribution in [0.15, 0.2) is 22.0 Å². The molecule has 1 aromatic carbocycles. The molecule has 0 radical (unpaired) electrons. The molecule has 1 fully saturated rings. The van der Waals surface area contributed by atoms with E-state index in [1.807, 2.05) is 22.6 Å². The Morgan fingerprint density at radius 1 is 1.50 bits per heavy atom. The Morgan fingerprint density at radius 2 is 2.20 bits per heavy atom. The lowest BCUT2D eigenvalue weighted by Crippen LogP contribution is -2.23. The summed E-state index contributed by atoms with van der Waals surface area (Å²) >= 11 is 3.35. The van der Waals surface area contributed by atoms with Gasteiger partial charge in [-0.2, -0.15) is 0 Å². The molecule has 0 aromatic heterocycles. The number of likely N-dealkylation sites (N-methyl/N-ethyl adjacent to an activating group) is 1. The van der Waals surface area contributed by atoms with Gasteiger partial charge in [-0.25, -0.2) is 0 Å². The number of aromatic hydroxyl groups is 1. The highest BCUT2D eigenvalue weighted by molar-refractivity contribution is 14.1. The lowest BCUT2D eigenvalue weighted by atomic mass is 10.2. The van der Waals surface area contributed by atoms with Crippen LogP contribution in [0.3, 0.4) is 0 Å². The highest BCUT2D eigenvalue weighted by Crippen LogP contribution is 2.35. The summed E-state index contributed by atoms with van der Waals surface area (Å²) in [6.07, 6.45) is 1.77. The quantitative estimate of drug-likeness (QED) is 0.608. The van der Waals surface area contributed by atoms with Gasteiger partial charge < -0.3 is 9.84 Å². The van der Waals surface area contributed by atoms with Crippen LogP contribution in [0.25, 0.3) is 6.08 Å². The molecular formula is C13H13IN2O3S. The lowest BCUT2D eigenvalue weighted by Gasteiger charge is -2.07. The highest BCUT2D eigenvalue weighted by Gasteiger charge is 2.29. The maximum atomic E-state index is 12.1. The van der Waals surface area contributed by atoms with Crippen LogP contribution in [0.4, 0.5) is 0 Å². The van der Waals surface area contributed by atoms with E-state index in [4.69, 9.17) is 4.74 Å². The zero-order chi connectivity index (χ0) is 14.9. The minimum absolute atomic E-state index is 0.0855. The Labute approximate surface area is 134 Å². The molecule has 1 aliphatic heterocycles. The number of methoxy groups -OCH3 is 1. The van der Waals surface area contributed by atoms with Crippen LogP contribution in [0.1, 0.15) is 5.56 Å². The Kier molecular flexibility index (Phi) is 4.59. The van der Waals surface area contributed by atoms with Gasteiger partial charge in [0.2, 0.25) is 0 Å². The number of benzene rings is 1. The second-order valence-corrected chi connectivity index (χ2v) is 6.21. The average molecular weight is 404 g/mol. The van der Waals surface area contributed by atoms with Crippen molar-refractivity contribution >= 4 is 51.5 Å². The number of amides is 1. The molecule has 0 unspecified atom stereocenters. The normalized spacial score (nSPS) is 19.2. The highest BCUT2D eigenvalue weighted by atomic mass is 127. The van der Waals surface area contributed by atoms with Gasteiger partial charge in [-0.1, -0.05) is 0 Å². The van der Waals surface area contributed by atoms with Gasteiger partial charge in [-0.15, -0.1) is 0 Å². The number of phenolic OH excluding ortho intramolecular Hbond substituents is 1. The monoisotopic (exact) mass is 404 g/mol. The van der Waals surface area contributed by atoms with E-state index in [1.54, 1.807) is 32.3 Å². The Hall–Kier alpha value is -1.22. The van der Waals surface area contributed by atoms with E-state index in [9.17, 15) is 9.90 Å². The van der Waals surface area contributed by atoms with E-state index < -0.39 is 0 Å². The Bertz CT molecular complexity index is 628. The van der Waals surface area contributed by atoms with Crippen LogP contribution in [-0.2, 0) is 4.79 Å². The van der Waals surface area contributed by atoms with Gasteiger partial charge in [0.25, 0.3) is 5.91 Å². The molecule has 20 heavy (non-hydrogen) atoms. The third-order valence-corrected chi connectivity index (χ3v) is 4.74. The summed E-state index contributed by atoms with van der Waals surface area (Å²) in [5.41, 5.74) is 0.797. The fourth-order valence-electron chi connectivity index (χ4n) is 1.73. The number of carbonyl (C=O) groups excluding carboxylic acids is 1. The molecule has 0 atom stereocenters. The van der Waals surface area contributed by atoms with Gasteiger partial charge >= 0.3 is 0 Å². The number of ether oxygens (including phenoxy) is 1. The van der Waals surface area contributed by atoms with Gasteiger partial charge in [-0.3, -0.25) is 14.7 Å². The summed E-state index contributed by atoms with van der Waals surface area (Å²) in [5, 5.41) is 10.5. The first kappa shape index (κ1) is 15.2. The molecule has 1 amide bonds. The third kappa shape index (κ3) is 2.78. The van der Waals surface area contributed by atoms with Gasteiger partial charge in [-0.05, 0) is 58.1 Å². The lowest BCUT2D eigenvalue weighted by molar-refractivity contribution is -0.121. The second kappa shape index (κ2) is 6.04. The van der Waals surface area contributed by atoms with E-state index in [0.717, 1.165) is 5.56 Å². The van der Waals surface area contributed by atoms with Crippen LogP contribution >= 0.6 is 34.4 Å². The van der Waals surface area contributed by atoms with Crippen molar-refractivity contribution in [3.05, 3.63) is 26.2 Å². The van der Waals surface area contributed by atoms with Gasteiger partial charge in [0.05, 0.1) is 15.6 Å². The first-order chi connectivity index (χ1) is 9.47. The third-order valence-electron chi connectivity index (χ3n) is 2.76. The number of hydrogen-bond donors (Lipinski definition) is 1. The summed E-state index contributed by atoms with van der Waals surface area (Å²) in [5.74, 6) is 0.406. The summed E-state index contributed by atoms with van der Waals surface area (Å²) in [6, 6.07) is 3.49. The maximum Gasteiger partial charge on any atom is 0.266 e. The van der Waals surface area contributed by atoms with Crippen LogP contribution in [0, 0.1) is 3.57 Å². The zero-order valence-corrected chi connectivity index (χ0v) is 14.2. The van der Waals surface area contributed by atoms with E-state index in [0.29, 0.717) is 19.4 Å². The summed E-state index contributed by atoms with van der Waals surface area (Å²) < 4.78 is 5.78. The van der Waals surface area contributed by atoms with E-state index >= 15 is 0 Å². The van der Waals surface area contributed by atoms with E-state index in [-0.39, 0.29) is 11.7 Å². The number of hydrogen-bond acceptors (Lipinski definition) is 5. The van der Waals surface area contributed by atoms with E-state index in [2.05, 4.69) is 4.99 Å². The number of halogens is 1. The molecule has 0 bridgehead atoms. The number of thioether (sulfide) groups is 1. The van der Waals surface area contributed by atoms with Crippen LogP contribution in [0.2, 0.25) is 0 Å². The first-order valence-electron chi connectivity index (χ1n) is 5.68. The Morgan fingerprint density at radius 3 is 2.75 bits per heavy atom. The maximum absolute atomic E-state index is 12.1. The van der Waals surface area contributed by atoms with Crippen LogP contribution in [-0.4, -0.2) is 42.3 Å². The molecule has 1 saturated heterocycles. The fourth-order valence-corrected chi connectivity index (χ4v) is 3.29. The van der Waals surface area contributed by atoms with Crippen molar-refractivity contribution in [3.63, 3.8) is 0 Å². The van der Waals surface area contributed by atoms with Crippen molar-refractivity contribution in [2.75, 3.05) is 21.2 Å². The molecule has 0 saturated carbocycles. The average Bonchev–Trinajstić information content (AvgIpc) is 2.70. The largest absolute Gasteiger partial charge is 0.504 e. The minimum atomic E-state index is -0.0855. The predicted molar refractivity (Wildman–Crippen MR) is 89.1 cm³/mol. The summed E-state index contributed by atoms with van der Waals surface area (Å²) in [7, 11) is 4.84. The summed E-state index contributed by atoms with van der Waals surface area (Å²) in [4.78, 5) is 18.2.